The van der Waals surface area contributed by atoms with Gasteiger partial charge in [0.2, 0.25) is 0 Å². The molecular formula is C9H7ClFN3O2. The zero-order valence-corrected chi connectivity index (χ0v) is 9.03. The highest BCUT2D eigenvalue weighted by atomic mass is 35.5. The lowest BCUT2D eigenvalue weighted by Crippen LogP contribution is -2.06. The monoisotopic (exact) mass is 243 g/mol. The zero-order chi connectivity index (χ0) is 11.7. The van der Waals surface area contributed by atoms with Crippen molar-refractivity contribution in [1.82, 2.24) is 14.6 Å². The van der Waals surface area contributed by atoms with Gasteiger partial charge in [0.1, 0.15) is 0 Å². The van der Waals surface area contributed by atoms with Crippen molar-refractivity contribution in [2.24, 2.45) is 0 Å². The zero-order valence-electron chi connectivity index (χ0n) is 8.28. The molecule has 0 spiro atoms. The molecule has 0 aliphatic carbocycles. The van der Waals surface area contributed by atoms with Crippen LogP contribution in [-0.4, -0.2) is 27.2 Å². The predicted octanol–water partition coefficient (Wildman–Crippen LogP) is 1.70. The lowest BCUT2D eigenvalue weighted by Gasteiger charge is -1.94. The van der Waals surface area contributed by atoms with E-state index in [-0.39, 0.29) is 23.1 Å². The fraction of sp³-hybridized carbons (Fsp3) is 0.222. The Morgan fingerprint density at radius 2 is 2.44 bits per heavy atom. The fourth-order valence-electron chi connectivity index (χ4n) is 1.20. The molecule has 0 bridgehead atoms. The van der Waals surface area contributed by atoms with Crippen LogP contribution in [-0.2, 0) is 4.74 Å². The SMILES string of the molecule is CCOC(=O)c1nc2c(F)cc(Cl)cn2n1. The second kappa shape index (κ2) is 4.05. The molecule has 0 aliphatic rings. The summed E-state index contributed by atoms with van der Waals surface area (Å²) in [5.74, 6) is -1.53. The number of nitrogens with zero attached hydrogens (tertiary/aromatic N) is 3. The van der Waals surface area contributed by atoms with Crippen LogP contribution >= 0.6 is 11.6 Å². The third-order valence-corrected chi connectivity index (χ3v) is 2.02. The Hall–Kier alpha value is -1.69. The largest absolute Gasteiger partial charge is 0.460 e. The van der Waals surface area contributed by atoms with Crippen LogP contribution in [0.5, 0.6) is 0 Å². The van der Waals surface area contributed by atoms with Gasteiger partial charge in [-0.05, 0) is 13.0 Å². The molecule has 0 N–H and O–H groups in total. The van der Waals surface area contributed by atoms with Crippen molar-refractivity contribution in [1.29, 1.82) is 0 Å². The minimum atomic E-state index is -0.693. The third-order valence-electron chi connectivity index (χ3n) is 1.81. The average Bonchev–Trinajstić information content (AvgIpc) is 2.62. The van der Waals surface area contributed by atoms with Gasteiger partial charge in [-0.2, -0.15) is 4.98 Å². The summed E-state index contributed by atoms with van der Waals surface area (Å²) in [7, 11) is 0. The predicted molar refractivity (Wildman–Crippen MR) is 53.9 cm³/mol. The Kier molecular flexibility index (Phi) is 2.74. The van der Waals surface area contributed by atoms with Gasteiger partial charge in [-0.15, -0.1) is 5.10 Å². The summed E-state index contributed by atoms with van der Waals surface area (Å²) < 4.78 is 19.1. The van der Waals surface area contributed by atoms with Crippen molar-refractivity contribution in [2.45, 2.75) is 6.92 Å². The first kappa shape index (κ1) is 10.8. The van der Waals surface area contributed by atoms with E-state index in [1.807, 2.05) is 0 Å². The number of halogens is 2. The number of carbonyl (C=O) groups is 1. The van der Waals surface area contributed by atoms with Crippen molar-refractivity contribution in [3.63, 3.8) is 0 Å². The molecule has 84 valence electrons. The van der Waals surface area contributed by atoms with E-state index >= 15 is 0 Å². The van der Waals surface area contributed by atoms with Crippen molar-refractivity contribution in [3.05, 3.63) is 28.9 Å². The minimum Gasteiger partial charge on any atom is -0.460 e. The molecule has 0 radical (unpaired) electrons. The molecular weight excluding hydrogens is 237 g/mol. The molecule has 7 heteroatoms. The molecule has 0 fully saturated rings. The van der Waals surface area contributed by atoms with Gasteiger partial charge in [0, 0.05) is 6.20 Å². The summed E-state index contributed by atoms with van der Waals surface area (Å²) in [6.07, 6.45) is 1.36. The second-order valence-corrected chi connectivity index (χ2v) is 3.37. The molecule has 2 rings (SSSR count). The number of fused-ring (bicyclic) bond motifs is 1. The maximum absolute atomic E-state index is 13.3. The fourth-order valence-corrected chi connectivity index (χ4v) is 1.39. The Balaban J connectivity index is 2.51. The van der Waals surface area contributed by atoms with Crippen LogP contribution in [0.2, 0.25) is 5.02 Å². The van der Waals surface area contributed by atoms with Gasteiger partial charge in [-0.1, -0.05) is 11.6 Å². The molecule has 0 aliphatic heterocycles. The lowest BCUT2D eigenvalue weighted by molar-refractivity contribution is 0.0512. The second-order valence-electron chi connectivity index (χ2n) is 2.93. The van der Waals surface area contributed by atoms with E-state index in [1.165, 1.54) is 6.20 Å². The Bertz CT molecular complexity index is 555. The summed E-state index contributed by atoms with van der Waals surface area (Å²) in [5.41, 5.74) is -0.0625. The molecule has 2 aromatic heterocycles. The van der Waals surface area contributed by atoms with E-state index in [0.717, 1.165) is 10.6 Å². The first-order chi connectivity index (χ1) is 7.61. The lowest BCUT2D eigenvalue weighted by atomic mass is 10.4. The summed E-state index contributed by atoms with van der Waals surface area (Å²) in [6, 6.07) is 1.10. The number of hydrogen-bond acceptors (Lipinski definition) is 4. The van der Waals surface area contributed by atoms with Gasteiger partial charge in [-0.25, -0.2) is 13.7 Å². The summed E-state index contributed by atoms with van der Waals surface area (Å²) >= 11 is 5.63. The van der Waals surface area contributed by atoms with Crippen LogP contribution in [0.25, 0.3) is 5.65 Å². The molecule has 5 nitrogen and oxygen atoms in total. The summed E-state index contributed by atoms with van der Waals surface area (Å²) in [6.45, 7) is 1.86. The van der Waals surface area contributed by atoms with Crippen LogP contribution in [0.15, 0.2) is 12.3 Å². The molecule has 16 heavy (non-hydrogen) atoms. The molecule has 0 atom stereocenters. The van der Waals surface area contributed by atoms with Crippen LogP contribution < -0.4 is 0 Å². The van der Waals surface area contributed by atoms with Gasteiger partial charge in [0.15, 0.2) is 11.5 Å². The van der Waals surface area contributed by atoms with E-state index in [0.29, 0.717) is 0 Å². The van der Waals surface area contributed by atoms with E-state index in [9.17, 15) is 9.18 Å². The highest BCUT2D eigenvalue weighted by Crippen LogP contribution is 2.14. The number of pyridine rings is 1. The smallest absolute Gasteiger partial charge is 0.378 e. The van der Waals surface area contributed by atoms with Crippen molar-refractivity contribution in [2.75, 3.05) is 6.61 Å². The van der Waals surface area contributed by atoms with Gasteiger partial charge in [0.25, 0.3) is 5.82 Å². The molecule has 2 aromatic rings. The molecule has 0 saturated carbocycles. The van der Waals surface area contributed by atoms with Crippen LogP contribution in [0, 0.1) is 5.82 Å². The van der Waals surface area contributed by atoms with Crippen LogP contribution in [0.3, 0.4) is 0 Å². The Morgan fingerprint density at radius 1 is 1.69 bits per heavy atom. The van der Waals surface area contributed by atoms with Crippen molar-refractivity contribution < 1.29 is 13.9 Å². The van der Waals surface area contributed by atoms with Crippen LogP contribution in [0.1, 0.15) is 17.5 Å². The van der Waals surface area contributed by atoms with Gasteiger partial charge < -0.3 is 4.74 Å². The highest BCUT2D eigenvalue weighted by Gasteiger charge is 2.16. The Labute approximate surface area is 94.8 Å². The number of aromatic nitrogens is 3. The minimum absolute atomic E-state index is 0.0625. The number of rotatable bonds is 2. The van der Waals surface area contributed by atoms with E-state index < -0.39 is 11.8 Å². The summed E-state index contributed by atoms with van der Waals surface area (Å²) in [5, 5.41) is 3.93. The molecule has 0 aromatic carbocycles. The van der Waals surface area contributed by atoms with Crippen molar-refractivity contribution >= 4 is 23.2 Å². The number of esters is 1. The number of ether oxygens (including phenoxy) is 1. The third kappa shape index (κ3) is 1.83. The van der Waals surface area contributed by atoms with E-state index in [4.69, 9.17) is 16.3 Å². The quantitative estimate of drug-likeness (QED) is 0.754. The number of carbonyl (C=O) groups excluding carboxylic acids is 1. The van der Waals surface area contributed by atoms with Gasteiger partial charge in [0.05, 0.1) is 11.6 Å². The highest BCUT2D eigenvalue weighted by molar-refractivity contribution is 6.30. The average molecular weight is 244 g/mol. The molecule has 0 amide bonds. The maximum Gasteiger partial charge on any atom is 0.378 e. The van der Waals surface area contributed by atoms with Crippen molar-refractivity contribution in [3.8, 4) is 0 Å². The van der Waals surface area contributed by atoms with E-state index in [2.05, 4.69) is 10.1 Å². The number of hydrogen-bond donors (Lipinski definition) is 0. The summed E-state index contributed by atoms with van der Waals surface area (Å²) in [4.78, 5) is 15.0. The topological polar surface area (TPSA) is 56.5 Å². The van der Waals surface area contributed by atoms with Gasteiger partial charge in [-0.3, -0.25) is 0 Å². The molecule has 0 unspecified atom stereocenters. The van der Waals surface area contributed by atoms with E-state index in [1.54, 1.807) is 6.92 Å². The Morgan fingerprint density at radius 3 is 3.12 bits per heavy atom. The van der Waals surface area contributed by atoms with Gasteiger partial charge >= 0.3 is 5.97 Å². The molecule has 0 saturated heterocycles. The normalized spacial score (nSPS) is 10.7. The van der Waals surface area contributed by atoms with Crippen LogP contribution in [0.4, 0.5) is 4.39 Å². The standard InChI is InChI=1S/C9H7ClFN3O2/c1-2-16-9(15)7-12-8-6(11)3-5(10)4-14(8)13-7/h3-4H,2H2,1H3. The molecule has 2 heterocycles. The first-order valence-corrected chi connectivity index (χ1v) is 4.88. The first-order valence-electron chi connectivity index (χ1n) is 4.50. The maximum atomic E-state index is 13.3.